The van der Waals surface area contributed by atoms with E-state index in [4.69, 9.17) is 10.2 Å². The average Bonchev–Trinajstić information content (AvgIpc) is 2.81. The first kappa shape index (κ1) is 9.72. The standard InChI is InChI=1S/C15H17NO/c16-15(12-6-10-5-11(10)7-12)14-8-9-3-1-2-4-13(9)17-14/h1-4,8,10-12,15H,5-7,16H2. The highest BCUT2D eigenvalue weighted by Crippen LogP contribution is 2.56. The van der Waals surface area contributed by atoms with E-state index in [0.29, 0.717) is 5.92 Å². The van der Waals surface area contributed by atoms with E-state index in [0.717, 1.165) is 23.2 Å². The summed E-state index contributed by atoms with van der Waals surface area (Å²) in [5.41, 5.74) is 7.31. The Bertz CT molecular complexity index is 516. The zero-order chi connectivity index (χ0) is 11.4. The van der Waals surface area contributed by atoms with Crippen molar-refractivity contribution < 1.29 is 4.42 Å². The quantitative estimate of drug-likeness (QED) is 0.853. The van der Waals surface area contributed by atoms with Gasteiger partial charge in [0.15, 0.2) is 0 Å². The third-order valence-electron chi connectivity index (χ3n) is 4.56. The van der Waals surface area contributed by atoms with Crippen molar-refractivity contribution >= 4 is 11.0 Å². The Morgan fingerprint density at radius 2 is 1.88 bits per heavy atom. The van der Waals surface area contributed by atoms with Crippen LogP contribution in [0.4, 0.5) is 0 Å². The minimum atomic E-state index is 0.0928. The normalized spacial score (nSPS) is 32.6. The number of nitrogens with two attached hydrogens (primary N) is 1. The van der Waals surface area contributed by atoms with Crippen LogP contribution in [0.25, 0.3) is 11.0 Å². The minimum absolute atomic E-state index is 0.0928. The first-order valence-corrected chi connectivity index (χ1v) is 6.55. The van der Waals surface area contributed by atoms with Crippen molar-refractivity contribution in [3.63, 3.8) is 0 Å². The fraction of sp³-hybridized carbons (Fsp3) is 0.467. The SMILES string of the molecule is NC(c1cc2ccccc2o1)C1CC2CC2C1. The van der Waals surface area contributed by atoms with Crippen LogP contribution in [0, 0.1) is 17.8 Å². The van der Waals surface area contributed by atoms with Gasteiger partial charge in [0.1, 0.15) is 11.3 Å². The summed E-state index contributed by atoms with van der Waals surface area (Å²) in [5, 5.41) is 1.17. The summed E-state index contributed by atoms with van der Waals surface area (Å²) in [6.07, 6.45) is 4.06. The molecular weight excluding hydrogens is 210 g/mol. The number of hydrogen-bond acceptors (Lipinski definition) is 2. The second-order valence-electron chi connectivity index (χ2n) is 5.70. The second-order valence-corrected chi connectivity index (χ2v) is 5.70. The van der Waals surface area contributed by atoms with E-state index in [1.54, 1.807) is 0 Å². The van der Waals surface area contributed by atoms with E-state index < -0.39 is 0 Å². The van der Waals surface area contributed by atoms with Gasteiger partial charge in [-0.2, -0.15) is 0 Å². The Balaban J connectivity index is 1.64. The molecule has 0 radical (unpaired) electrons. The molecule has 2 heteroatoms. The molecule has 3 unspecified atom stereocenters. The lowest BCUT2D eigenvalue weighted by molar-refractivity contribution is 0.355. The van der Waals surface area contributed by atoms with Gasteiger partial charge in [-0.1, -0.05) is 18.2 Å². The first-order chi connectivity index (χ1) is 8.31. The third kappa shape index (κ3) is 1.51. The van der Waals surface area contributed by atoms with Crippen LogP contribution in [0.15, 0.2) is 34.7 Å². The molecule has 2 aliphatic carbocycles. The van der Waals surface area contributed by atoms with Crippen molar-refractivity contribution in [2.45, 2.75) is 25.3 Å². The summed E-state index contributed by atoms with van der Waals surface area (Å²) in [6.45, 7) is 0. The summed E-state index contributed by atoms with van der Waals surface area (Å²) < 4.78 is 5.87. The summed E-state index contributed by atoms with van der Waals surface area (Å²) in [4.78, 5) is 0. The van der Waals surface area contributed by atoms with Crippen LogP contribution in [-0.2, 0) is 0 Å². The number of hydrogen-bond donors (Lipinski definition) is 1. The Morgan fingerprint density at radius 1 is 1.12 bits per heavy atom. The lowest BCUT2D eigenvalue weighted by atomic mass is 9.93. The Labute approximate surface area is 101 Å². The maximum absolute atomic E-state index is 6.35. The van der Waals surface area contributed by atoms with Crippen LogP contribution in [0.5, 0.6) is 0 Å². The molecule has 2 fully saturated rings. The van der Waals surface area contributed by atoms with Gasteiger partial charge in [-0.15, -0.1) is 0 Å². The first-order valence-electron chi connectivity index (χ1n) is 6.55. The van der Waals surface area contributed by atoms with Crippen LogP contribution >= 0.6 is 0 Å². The molecule has 1 aromatic heterocycles. The smallest absolute Gasteiger partial charge is 0.134 e. The number of rotatable bonds is 2. The Kier molecular flexibility index (Phi) is 1.92. The molecule has 0 aliphatic heterocycles. The summed E-state index contributed by atoms with van der Waals surface area (Å²) in [5.74, 6) is 3.57. The van der Waals surface area contributed by atoms with Gasteiger partial charge in [0.2, 0.25) is 0 Å². The Morgan fingerprint density at radius 3 is 2.65 bits per heavy atom. The number of para-hydroxylation sites is 1. The Hall–Kier alpha value is -1.28. The molecule has 1 heterocycles. The van der Waals surface area contributed by atoms with Crippen molar-refractivity contribution in [3.05, 3.63) is 36.1 Å². The van der Waals surface area contributed by atoms with Crippen molar-refractivity contribution in [2.24, 2.45) is 23.5 Å². The molecule has 0 amide bonds. The topological polar surface area (TPSA) is 39.2 Å². The van der Waals surface area contributed by atoms with Gasteiger partial charge in [-0.3, -0.25) is 0 Å². The summed E-state index contributed by atoms with van der Waals surface area (Å²) >= 11 is 0. The van der Waals surface area contributed by atoms with E-state index in [1.165, 1.54) is 24.6 Å². The maximum Gasteiger partial charge on any atom is 0.134 e. The molecule has 2 N–H and O–H groups in total. The molecular formula is C15H17NO. The van der Waals surface area contributed by atoms with E-state index in [9.17, 15) is 0 Å². The molecule has 0 saturated heterocycles. The van der Waals surface area contributed by atoms with Gasteiger partial charge < -0.3 is 10.2 Å². The van der Waals surface area contributed by atoms with Gasteiger partial charge >= 0.3 is 0 Å². The monoisotopic (exact) mass is 227 g/mol. The van der Waals surface area contributed by atoms with Crippen molar-refractivity contribution in [2.75, 3.05) is 0 Å². The minimum Gasteiger partial charge on any atom is -0.459 e. The molecule has 17 heavy (non-hydrogen) atoms. The predicted octanol–water partition coefficient (Wildman–Crippen LogP) is 3.48. The molecule has 1 aromatic carbocycles. The number of furan rings is 1. The fourth-order valence-electron chi connectivity index (χ4n) is 3.45. The van der Waals surface area contributed by atoms with E-state index >= 15 is 0 Å². The van der Waals surface area contributed by atoms with Gasteiger partial charge in [0.25, 0.3) is 0 Å². The summed E-state index contributed by atoms with van der Waals surface area (Å²) in [6, 6.07) is 10.3. The van der Waals surface area contributed by atoms with Crippen LogP contribution in [0.2, 0.25) is 0 Å². The van der Waals surface area contributed by atoms with Crippen molar-refractivity contribution in [1.82, 2.24) is 0 Å². The van der Waals surface area contributed by atoms with Crippen molar-refractivity contribution in [1.29, 1.82) is 0 Å². The highest BCUT2D eigenvalue weighted by molar-refractivity contribution is 5.77. The number of benzene rings is 1. The molecule has 0 bridgehead atoms. The molecule has 88 valence electrons. The lowest BCUT2D eigenvalue weighted by Crippen LogP contribution is -2.19. The van der Waals surface area contributed by atoms with Crippen LogP contribution in [-0.4, -0.2) is 0 Å². The highest BCUT2D eigenvalue weighted by Gasteiger charge is 2.47. The fourth-order valence-corrected chi connectivity index (χ4v) is 3.45. The molecule has 4 rings (SSSR count). The van der Waals surface area contributed by atoms with Gasteiger partial charge in [0.05, 0.1) is 6.04 Å². The zero-order valence-corrected chi connectivity index (χ0v) is 9.80. The average molecular weight is 227 g/mol. The molecule has 2 saturated carbocycles. The maximum atomic E-state index is 6.35. The molecule has 2 aromatic rings. The zero-order valence-electron chi connectivity index (χ0n) is 9.80. The van der Waals surface area contributed by atoms with Crippen LogP contribution in [0.3, 0.4) is 0 Å². The second kappa shape index (κ2) is 3.36. The third-order valence-corrected chi connectivity index (χ3v) is 4.56. The van der Waals surface area contributed by atoms with Gasteiger partial charge in [-0.25, -0.2) is 0 Å². The molecule has 3 atom stereocenters. The van der Waals surface area contributed by atoms with Crippen molar-refractivity contribution in [3.8, 4) is 0 Å². The van der Waals surface area contributed by atoms with Crippen LogP contribution in [0.1, 0.15) is 31.1 Å². The number of fused-ring (bicyclic) bond motifs is 2. The van der Waals surface area contributed by atoms with Crippen LogP contribution < -0.4 is 5.73 Å². The summed E-state index contributed by atoms with van der Waals surface area (Å²) in [7, 11) is 0. The van der Waals surface area contributed by atoms with Gasteiger partial charge in [0, 0.05) is 5.39 Å². The van der Waals surface area contributed by atoms with E-state index in [2.05, 4.69) is 12.1 Å². The highest BCUT2D eigenvalue weighted by atomic mass is 16.3. The largest absolute Gasteiger partial charge is 0.459 e. The van der Waals surface area contributed by atoms with Gasteiger partial charge in [-0.05, 0) is 49.1 Å². The lowest BCUT2D eigenvalue weighted by Gasteiger charge is -2.18. The van der Waals surface area contributed by atoms with E-state index in [1.807, 2.05) is 18.2 Å². The molecule has 2 aliphatic rings. The molecule has 2 nitrogen and oxygen atoms in total. The predicted molar refractivity (Wildman–Crippen MR) is 67.5 cm³/mol. The van der Waals surface area contributed by atoms with E-state index in [-0.39, 0.29) is 6.04 Å². The molecule has 0 spiro atoms.